The first-order chi connectivity index (χ1) is 12.5. The number of aryl methyl sites for hydroxylation is 4. The average molecular weight is 340 g/mol. The van der Waals surface area contributed by atoms with Crippen LogP contribution in [0, 0.1) is 13.8 Å². The van der Waals surface area contributed by atoms with E-state index in [-0.39, 0.29) is 0 Å². The zero-order valence-electron chi connectivity index (χ0n) is 15.4. The zero-order valence-corrected chi connectivity index (χ0v) is 15.4. The van der Waals surface area contributed by atoms with Gasteiger partial charge in [-0.1, -0.05) is 35.9 Å². The van der Waals surface area contributed by atoms with Crippen LogP contribution in [0.2, 0.25) is 0 Å². The summed E-state index contributed by atoms with van der Waals surface area (Å²) >= 11 is 0. The SMILES string of the molecule is Cc1ccc2cc(-c3nc4cc5c(cc4n3C)nc(C)n5C)ccc2c1. The zero-order chi connectivity index (χ0) is 18.0. The van der Waals surface area contributed by atoms with Crippen LogP contribution in [-0.2, 0) is 14.1 Å². The molecule has 0 amide bonds. The Hall–Kier alpha value is -3.14. The number of hydrogen-bond donors (Lipinski definition) is 0. The molecule has 5 rings (SSSR count). The Balaban J connectivity index is 1.75. The summed E-state index contributed by atoms with van der Waals surface area (Å²) in [5.41, 5.74) is 6.65. The first-order valence-corrected chi connectivity index (χ1v) is 8.81. The molecule has 3 aromatic carbocycles. The van der Waals surface area contributed by atoms with Crippen molar-refractivity contribution in [2.45, 2.75) is 13.8 Å². The van der Waals surface area contributed by atoms with E-state index >= 15 is 0 Å². The van der Waals surface area contributed by atoms with E-state index in [2.05, 4.69) is 76.6 Å². The van der Waals surface area contributed by atoms with Gasteiger partial charge in [0.1, 0.15) is 11.6 Å². The predicted molar refractivity (Wildman–Crippen MR) is 107 cm³/mol. The van der Waals surface area contributed by atoms with Gasteiger partial charge in [0.25, 0.3) is 0 Å². The van der Waals surface area contributed by atoms with Crippen LogP contribution in [0.5, 0.6) is 0 Å². The molecule has 4 nitrogen and oxygen atoms in total. The van der Waals surface area contributed by atoms with E-state index < -0.39 is 0 Å². The minimum atomic E-state index is 0.981. The summed E-state index contributed by atoms with van der Waals surface area (Å²) in [6.45, 7) is 4.15. The lowest BCUT2D eigenvalue weighted by molar-refractivity contribution is 0.886. The fourth-order valence-corrected chi connectivity index (χ4v) is 3.76. The molecule has 0 spiro atoms. The second-order valence-corrected chi connectivity index (χ2v) is 7.11. The van der Waals surface area contributed by atoms with Crippen LogP contribution in [0.25, 0.3) is 44.2 Å². The normalized spacial score (nSPS) is 11.8. The van der Waals surface area contributed by atoms with Crippen molar-refractivity contribution in [2.24, 2.45) is 14.1 Å². The highest BCUT2D eigenvalue weighted by molar-refractivity contribution is 5.94. The molecule has 0 aliphatic heterocycles. The van der Waals surface area contributed by atoms with Crippen LogP contribution in [0.3, 0.4) is 0 Å². The lowest BCUT2D eigenvalue weighted by Crippen LogP contribution is -1.92. The Bertz CT molecular complexity index is 1320. The second-order valence-electron chi connectivity index (χ2n) is 7.11. The largest absolute Gasteiger partial charge is 0.331 e. The van der Waals surface area contributed by atoms with Gasteiger partial charge < -0.3 is 9.13 Å². The average Bonchev–Trinajstić information content (AvgIpc) is 3.10. The molecule has 0 unspecified atom stereocenters. The maximum absolute atomic E-state index is 4.93. The van der Waals surface area contributed by atoms with E-state index in [4.69, 9.17) is 4.98 Å². The summed E-state index contributed by atoms with van der Waals surface area (Å²) in [6, 6.07) is 17.4. The van der Waals surface area contributed by atoms with E-state index in [0.717, 1.165) is 39.3 Å². The molecule has 0 bridgehead atoms. The number of benzene rings is 3. The maximum Gasteiger partial charge on any atom is 0.140 e. The highest BCUT2D eigenvalue weighted by atomic mass is 15.1. The third kappa shape index (κ3) is 2.08. The lowest BCUT2D eigenvalue weighted by Gasteiger charge is -2.05. The van der Waals surface area contributed by atoms with E-state index in [9.17, 15) is 0 Å². The van der Waals surface area contributed by atoms with Crippen molar-refractivity contribution in [1.82, 2.24) is 19.1 Å². The molecule has 0 radical (unpaired) electrons. The predicted octanol–water partition coefficient (Wildman–Crippen LogP) is 4.90. The Morgan fingerprint density at radius 2 is 1.35 bits per heavy atom. The molecular formula is C22H20N4. The van der Waals surface area contributed by atoms with Gasteiger partial charge in [-0.25, -0.2) is 9.97 Å². The Kier molecular flexibility index (Phi) is 3.02. The minimum Gasteiger partial charge on any atom is -0.331 e. The Morgan fingerprint density at radius 3 is 2.15 bits per heavy atom. The van der Waals surface area contributed by atoms with Crippen molar-refractivity contribution in [3.63, 3.8) is 0 Å². The summed E-state index contributed by atoms with van der Waals surface area (Å²) in [5, 5.41) is 2.50. The lowest BCUT2D eigenvalue weighted by atomic mass is 10.0. The van der Waals surface area contributed by atoms with E-state index in [1.54, 1.807) is 0 Å². The third-order valence-electron chi connectivity index (χ3n) is 5.36. The fraction of sp³-hybridized carbons (Fsp3) is 0.182. The van der Waals surface area contributed by atoms with Gasteiger partial charge in [0.2, 0.25) is 0 Å². The molecule has 26 heavy (non-hydrogen) atoms. The highest BCUT2D eigenvalue weighted by Crippen LogP contribution is 2.29. The van der Waals surface area contributed by atoms with Gasteiger partial charge in [0.05, 0.1) is 22.1 Å². The van der Waals surface area contributed by atoms with Crippen molar-refractivity contribution in [3.05, 3.63) is 59.9 Å². The van der Waals surface area contributed by atoms with Crippen LogP contribution < -0.4 is 0 Å². The van der Waals surface area contributed by atoms with Crippen LogP contribution in [0.15, 0.2) is 48.5 Å². The second kappa shape index (κ2) is 5.18. The topological polar surface area (TPSA) is 35.6 Å². The van der Waals surface area contributed by atoms with Gasteiger partial charge in [-0.2, -0.15) is 0 Å². The highest BCUT2D eigenvalue weighted by Gasteiger charge is 2.14. The van der Waals surface area contributed by atoms with Crippen LogP contribution >= 0.6 is 0 Å². The molecular weight excluding hydrogens is 320 g/mol. The smallest absolute Gasteiger partial charge is 0.140 e. The van der Waals surface area contributed by atoms with Crippen molar-refractivity contribution >= 4 is 32.8 Å². The molecule has 0 aliphatic carbocycles. The van der Waals surface area contributed by atoms with Gasteiger partial charge >= 0.3 is 0 Å². The van der Waals surface area contributed by atoms with Gasteiger partial charge in [0.15, 0.2) is 0 Å². The molecule has 0 saturated heterocycles. The molecule has 2 heterocycles. The number of hydrogen-bond acceptors (Lipinski definition) is 2. The molecule has 0 N–H and O–H groups in total. The van der Waals surface area contributed by atoms with Gasteiger partial charge in [-0.3, -0.25) is 0 Å². The maximum atomic E-state index is 4.93. The summed E-state index contributed by atoms with van der Waals surface area (Å²) in [5.74, 6) is 2.00. The quantitative estimate of drug-likeness (QED) is 0.435. The van der Waals surface area contributed by atoms with Gasteiger partial charge in [-0.15, -0.1) is 0 Å². The monoisotopic (exact) mass is 340 g/mol. The molecule has 4 heteroatoms. The number of rotatable bonds is 1. The standard InChI is InChI=1S/C22H20N4/c1-13-5-6-16-10-17(8-7-15(16)9-13)22-24-19-12-20-18(11-21(19)26(22)4)23-14(2)25(20)3/h5-12H,1-4H3. The Labute approximate surface area is 151 Å². The molecule has 0 saturated carbocycles. The number of fused-ring (bicyclic) bond motifs is 3. The van der Waals surface area contributed by atoms with Crippen molar-refractivity contribution < 1.29 is 0 Å². The molecule has 2 aromatic heterocycles. The van der Waals surface area contributed by atoms with Crippen molar-refractivity contribution in [2.75, 3.05) is 0 Å². The fourth-order valence-electron chi connectivity index (χ4n) is 3.76. The number of nitrogens with zero attached hydrogens (tertiary/aromatic N) is 4. The van der Waals surface area contributed by atoms with Crippen LogP contribution in [-0.4, -0.2) is 19.1 Å². The molecule has 0 atom stereocenters. The molecule has 0 fully saturated rings. The first-order valence-electron chi connectivity index (χ1n) is 8.81. The molecule has 128 valence electrons. The van der Waals surface area contributed by atoms with E-state index in [1.807, 2.05) is 14.0 Å². The van der Waals surface area contributed by atoms with Gasteiger partial charge in [0, 0.05) is 19.7 Å². The van der Waals surface area contributed by atoms with Gasteiger partial charge in [-0.05, 0) is 42.8 Å². The van der Waals surface area contributed by atoms with Crippen LogP contribution in [0.1, 0.15) is 11.4 Å². The summed E-state index contributed by atoms with van der Waals surface area (Å²) in [7, 11) is 4.12. The van der Waals surface area contributed by atoms with Crippen molar-refractivity contribution in [3.8, 4) is 11.4 Å². The summed E-state index contributed by atoms with van der Waals surface area (Å²) < 4.78 is 4.27. The van der Waals surface area contributed by atoms with Crippen molar-refractivity contribution in [1.29, 1.82) is 0 Å². The number of aromatic nitrogens is 4. The first kappa shape index (κ1) is 15.1. The van der Waals surface area contributed by atoms with Crippen LogP contribution in [0.4, 0.5) is 0 Å². The van der Waals surface area contributed by atoms with E-state index in [1.165, 1.54) is 16.3 Å². The summed E-state index contributed by atoms with van der Waals surface area (Å²) in [4.78, 5) is 9.59. The molecule has 0 aliphatic rings. The molecule has 5 aromatic rings. The van der Waals surface area contributed by atoms with E-state index in [0.29, 0.717) is 0 Å². The Morgan fingerprint density at radius 1 is 0.692 bits per heavy atom. The third-order valence-corrected chi connectivity index (χ3v) is 5.36. The summed E-state index contributed by atoms with van der Waals surface area (Å²) in [6.07, 6.45) is 0. The minimum absolute atomic E-state index is 0.981. The number of imidazole rings is 2.